The van der Waals surface area contributed by atoms with Gasteiger partial charge in [-0.05, 0) is 61.9 Å². The first-order valence-electron chi connectivity index (χ1n) is 10.2. The lowest BCUT2D eigenvalue weighted by atomic mass is 9.96. The first-order chi connectivity index (χ1) is 14.6. The quantitative estimate of drug-likeness (QED) is 0.493. The van der Waals surface area contributed by atoms with Crippen molar-refractivity contribution in [3.8, 4) is 11.5 Å². The zero-order valence-corrected chi connectivity index (χ0v) is 17.7. The van der Waals surface area contributed by atoms with Gasteiger partial charge in [0.2, 0.25) is 6.23 Å². The predicted molar refractivity (Wildman–Crippen MR) is 119 cm³/mol. The maximum atomic E-state index is 6.41. The Balaban J connectivity index is 1.51. The molecule has 0 aromatic heterocycles. The van der Waals surface area contributed by atoms with Crippen LogP contribution in [0.15, 0.2) is 77.9 Å². The Morgan fingerprint density at radius 2 is 1.73 bits per heavy atom. The molecule has 5 rings (SSSR count). The van der Waals surface area contributed by atoms with Gasteiger partial charge in [-0.1, -0.05) is 41.9 Å². The normalized spacial score (nSPS) is 19.7. The molecular formula is C25H23ClN2O2. The lowest BCUT2D eigenvalue weighted by Crippen LogP contribution is -2.33. The molecule has 0 bridgehead atoms. The van der Waals surface area contributed by atoms with Crippen LogP contribution in [0.1, 0.15) is 49.2 Å². The molecule has 0 aliphatic carbocycles. The van der Waals surface area contributed by atoms with Gasteiger partial charge in [-0.2, -0.15) is 5.10 Å². The van der Waals surface area contributed by atoms with Crippen LogP contribution < -0.4 is 9.47 Å². The summed E-state index contributed by atoms with van der Waals surface area (Å²) in [4.78, 5) is 0. The second kappa shape index (κ2) is 7.69. The van der Waals surface area contributed by atoms with E-state index >= 15 is 0 Å². The third kappa shape index (κ3) is 3.52. The van der Waals surface area contributed by atoms with E-state index in [1.54, 1.807) is 0 Å². The Kier molecular flexibility index (Phi) is 4.87. The monoisotopic (exact) mass is 418 g/mol. The molecule has 0 N–H and O–H groups in total. The zero-order chi connectivity index (χ0) is 20.7. The van der Waals surface area contributed by atoms with Crippen LogP contribution in [0.3, 0.4) is 0 Å². The summed E-state index contributed by atoms with van der Waals surface area (Å²) in [7, 11) is 0. The van der Waals surface area contributed by atoms with Crippen LogP contribution in [0.25, 0.3) is 0 Å². The van der Waals surface area contributed by atoms with E-state index in [0.29, 0.717) is 0 Å². The van der Waals surface area contributed by atoms with Crippen molar-refractivity contribution in [2.45, 2.75) is 38.6 Å². The highest BCUT2D eigenvalue weighted by atomic mass is 35.5. The number of para-hydroxylation sites is 1. The Hall–Kier alpha value is -2.98. The minimum Gasteiger partial charge on any atom is -0.491 e. The second-order valence-electron chi connectivity index (χ2n) is 7.90. The van der Waals surface area contributed by atoms with Gasteiger partial charge in [-0.25, -0.2) is 5.01 Å². The average Bonchev–Trinajstić information content (AvgIpc) is 3.20. The molecule has 2 unspecified atom stereocenters. The van der Waals surface area contributed by atoms with Gasteiger partial charge in [-0.15, -0.1) is 0 Å². The van der Waals surface area contributed by atoms with E-state index in [9.17, 15) is 0 Å². The molecule has 0 radical (unpaired) electrons. The molecule has 4 nitrogen and oxygen atoms in total. The van der Waals surface area contributed by atoms with Crippen LogP contribution in [0.5, 0.6) is 11.5 Å². The highest BCUT2D eigenvalue weighted by Gasteiger charge is 2.40. The van der Waals surface area contributed by atoms with Crippen LogP contribution in [-0.2, 0) is 0 Å². The molecule has 152 valence electrons. The summed E-state index contributed by atoms with van der Waals surface area (Å²) in [5.41, 5.74) is 4.35. The average molecular weight is 419 g/mol. The Morgan fingerprint density at radius 1 is 1.00 bits per heavy atom. The van der Waals surface area contributed by atoms with E-state index in [1.807, 2.05) is 62.4 Å². The predicted octanol–water partition coefficient (Wildman–Crippen LogP) is 6.37. The molecule has 2 aliphatic rings. The van der Waals surface area contributed by atoms with Gasteiger partial charge in [0, 0.05) is 22.6 Å². The summed E-state index contributed by atoms with van der Waals surface area (Å²) in [5, 5.41) is 7.80. The molecular weight excluding hydrogens is 396 g/mol. The Bertz CT molecular complexity index is 1080. The SMILES string of the molecule is CC(C)Oc1ccc(C2Oc3ccccc3C3CC(c4ccc(Cl)cc4)=NN32)cc1. The first-order valence-corrected chi connectivity index (χ1v) is 10.6. The van der Waals surface area contributed by atoms with Crippen molar-refractivity contribution in [1.29, 1.82) is 0 Å². The van der Waals surface area contributed by atoms with Crippen LogP contribution in [0.2, 0.25) is 5.02 Å². The van der Waals surface area contributed by atoms with Crippen LogP contribution in [0, 0.1) is 0 Å². The number of hydrazone groups is 1. The maximum absolute atomic E-state index is 6.41. The number of hydrogen-bond donors (Lipinski definition) is 0. The largest absolute Gasteiger partial charge is 0.491 e. The van der Waals surface area contributed by atoms with Crippen molar-refractivity contribution >= 4 is 17.3 Å². The Labute approximate surface area is 181 Å². The van der Waals surface area contributed by atoms with E-state index in [4.69, 9.17) is 26.2 Å². The van der Waals surface area contributed by atoms with E-state index in [-0.39, 0.29) is 18.4 Å². The lowest BCUT2D eigenvalue weighted by molar-refractivity contribution is -0.0190. The summed E-state index contributed by atoms with van der Waals surface area (Å²) < 4.78 is 12.2. The topological polar surface area (TPSA) is 34.1 Å². The van der Waals surface area contributed by atoms with Crippen LogP contribution in [0.4, 0.5) is 0 Å². The van der Waals surface area contributed by atoms with Crippen molar-refractivity contribution in [2.24, 2.45) is 5.10 Å². The van der Waals surface area contributed by atoms with Crippen molar-refractivity contribution in [2.75, 3.05) is 0 Å². The number of halogens is 1. The molecule has 0 saturated carbocycles. The van der Waals surface area contributed by atoms with Crippen molar-refractivity contribution in [1.82, 2.24) is 5.01 Å². The summed E-state index contributed by atoms with van der Waals surface area (Å²) in [6, 6.07) is 24.3. The van der Waals surface area contributed by atoms with E-state index in [2.05, 4.69) is 29.3 Å². The van der Waals surface area contributed by atoms with Crippen molar-refractivity contribution in [3.63, 3.8) is 0 Å². The second-order valence-corrected chi connectivity index (χ2v) is 8.33. The molecule has 2 heterocycles. The van der Waals surface area contributed by atoms with Crippen LogP contribution >= 0.6 is 11.6 Å². The fraction of sp³-hybridized carbons (Fsp3) is 0.240. The third-order valence-corrected chi connectivity index (χ3v) is 5.67. The highest BCUT2D eigenvalue weighted by Crippen LogP contribution is 2.47. The zero-order valence-electron chi connectivity index (χ0n) is 17.0. The molecule has 30 heavy (non-hydrogen) atoms. The molecule has 0 spiro atoms. The number of rotatable bonds is 4. The fourth-order valence-corrected chi connectivity index (χ4v) is 4.18. The molecule has 3 aromatic rings. The molecule has 0 fully saturated rings. The van der Waals surface area contributed by atoms with Gasteiger partial charge in [0.25, 0.3) is 0 Å². The minimum absolute atomic E-state index is 0.136. The van der Waals surface area contributed by atoms with Gasteiger partial charge < -0.3 is 9.47 Å². The number of hydrogen-bond acceptors (Lipinski definition) is 4. The third-order valence-electron chi connectivity index (χ3n) is 5.41. The maximum Gasteiger partial charge on any atom is 0.213 e. The summed E-state index contributed by atoms with van der Waals surface area (Å²) in [6.07, 6.45) is 0.679. The molecule has 2 atom stereocenters. The standard InChI is InChI=1S/C25H23ClN2O2/c1-16(2)29-20-13-9-18(10-14-20)25-28-23(21-5-3-4-6-24(21)30-25)15-22(27-28)17-7-11-19(26)12-8-17/h3-14,16,23,25H,15H2,1-2H3. The lowest BCUT2D eigenvalue weighted by Gasteiger charge is -2.38. The van der Waals surface area contributed by atoms with Gasteiger partial charge in [-0.3, -0.25) is 0 Å². The minimum atomic E-state index is -0.289. The number of fused-ring (bicyclic) bond motifs is 3. The number of ether oxygens (including phenoxy) is 2. The van der Waals surface area contributed by atoms with Gasteiger partial charge in [0.1, 0.15) is 11.5 Å². The van der Waals surface area contributed by atoms with Crippen molar-refractivity contribution < 1.29 is 9.47 Å². The molecule has 3 aromatic carbocycles. The molecule has 0 amide bonds. The van der Waals surface area contributed by atoms with E-state index in [0.717, 1.165) is 39.8 Å². The molecule has 0 saturated heterocycles. The van der Waals surface area contributed by atoms with Gasteiger partial charge in [0.15, 0.2) is 0 Å². The van der Waals surface area contributed by atoms with E-state index in [1.165, 1.54) is 5.56 Å². The summed E-state index contributed by atoms with van der Waals surface area (Å²) in [5.74, 6) is 1.77. The molecule has 5 heteroatoms. The number of nitrogens with zero attached hydrogens (tertiary/aromatic N) is 2. The Morgan fingerprint density at radius 3 is 2.47 bits per heavy atom. The molecule has 2 aliphatic heterocycles. The fourth-order valence-electron chi connectivity index (χ4n) is 4.05. The highest BCUT2D eigenvalue weighted by molar-refractivity contribution is 6.30. The van der Waals surface area contributed by atoms with Gasteiger partial charge >= 0.3 is 0 Å². The van der Waals surface area contributed by atoms with Crippen LogP contribution in [-0.4, -0.2) is 16.8 Å². The smallest absolute Gasteiger partial charge is 0.213 e. The van der Waals surface area contributed by atoms with Gasteiger partial charge in [0.05, 0.1) is 17.9 Å². The summed E-state index contributed by atoms with van der Waals surface area (Å²) in [6.45, 7) is 4.05. The summed E-state index contributed by atoms with van der Waals surface area (Å²) >= 11 is 6.07. The number of benzene rings is 3. The van der Waals surface area contributed by atoms with Crippen molar-refractivity contribution in [3.05, 3.63) is 94.5 Å². The van der Waals surface area contributed by atoms with E-state index < -0.39 is 0 Å². The first kappa shape index (κ1) is 19.0.